The topological polar surface area (TPSA) is 63.6 Å². The Morgan fingerprint density at radius 3 is 2.64 bits per heavy atom. The van der Waals surface area contributed by atoms with Crippen LogP contribution in [-0.4, -0.2) is 36.4 Å². The molecule has 25 heavy (non-hydrogen) atoms. The highest BCUT2D eigenvalue weighted by molar-refractivity contribution is 6.01. The van der Waals surface area contributed by atoms with Gasteiger partial charge in [-0.25, -0.2) is 4.79 Å². The molecule has 0 fully saturated rings. The lowest BCUT2D eigenvalue weighted by Gasteiger charge is -2.25. The molecule has 1 aliphatic heterocycles. The van der Waals surface area contributed by atoms with Crippen LogP contribution in [0.5, 0.6) is 0 Å². The number of Topliss-reactive ketones (excluding diaryl/α,β-unsaturated/α-hetero) is 1. The van der Waals surface area contributed by atoms with Gasteiger partial charge in [-0.05, 0) is 31.9 Å². The van der Waals surface area contributed by atoms with E-state index in [9.17, 15) is 9.59 Å². The van der Waals surface area contributed by atoms with Crippen molar-refractivity contribution in [1.82, 2.24) is 4.98 Å². The zero-order valence-corrected chi connectivity index (χ0v) is 15.1. The van der Waals surface area contributed by atoms with Gasteiger partial charge in [0.1, 0.15) is 13.1 Å². The number of ketones is 1. The second-order valence-electron chi connectivity index (χ2n) is 6.64. The van der Waals surface area contributed by atoms with E-state index >= 15 is 0 Å². The molecule has 1 atom stereocenters. The molecule has 132 valence electrons. The Bertz CT molecular complexity index is 807. The molecule has 3 rings (SSSR count). The molecule has 1 aliphatic rings. The Balaban J connectivity index is 1.74. The number of quaternary nitrogens is 1. The lowest BCUT2D eigenvalue weighted by Crippen LogP contribution is -3.12. The normalized spacial score (nSPS) is 16.4. The molecule has 0 saturated carbocycles. The second-order valence-corrected chi connectivity index (χ2v) is 6.64. The van der Waals surface area contributed by atoms with Crippen molar-refractivity contribution in [3.63, 3.8) is 0 Å². The fourth-order valence-corrected chi connectivity index (χ4v) is 3.65. The molecule has 2 N–H and O–H groups in total. The summed E-state index contributed by atoms with van der Waals surface area (Å²) in [5.74, 6) is -0.322. The summed E-state index contributed by atoms with van der Waals surface area (Å²) in [4.78, 5) is 29.2. The maximum atomic E-state index is 12.8. The van der Waals surface area contributed by atoms with Gasteiger partial charge in [0.25, 0.3) is 0 Å². The highest BCUT2D eigenvalue weighted by Crippen LogP contribution is 2.19. The fraction of sp³-hybridized carbons (Fsp3) is 0.400. The first-order valence-electron chi connectivity index (χ1n) is 8.81. The summed E-state index contributed by atoms with van der Waals surface area (Å²) in [5.41, 5.74) is 5.12. The van der Waals surface area contributed by atoms with E-state index in [-0.39, 0.29) is 11.8 Å². The van der Waals surface area contributed by atoms with Gasteiger partial charge in [-0.1, -0.05) is 24.3 Å². The summed E-state index contributed by atoms with van der Waals surface area (Å²) in [5, 5.41) is 0. The minimum atomic E-state index is -0.368. The lowest BCUT2D eigenvalue weighted by molar-refractivity contribution is -0.907. The molecular weight excluding hydrogens is 316 g/mol. The van der Waals surface area contributed by atoms with Crippen LogP contribution in [0, 0.1) is 13.8 Å². The minimum Gasteiger partial charge on any atom is -0.462 e. The first-order chi connectivity index (χ1) is 12.0. The number of fused-ring (bicyclic) bond motifs is 1. The number of aromatic amines is 1. The van der Waals surface area contributed by atoms with Gasteiger partial charge >= 0.3 is 5.97 Å². The number of rotatable bonds is 5. The van der Waals surface area contributed by atoms with Crippen molar-refractivity contribution in [3.05, 3.63) is 57.9 Å². The quantitative estimate of drug-likeness (QED) is 0.642. The number of nitrogens with one attached hydrogen (secondary N) is 2. The van der Waals surface area contributed by atoms with Crippen LogP contribution in [0.2, 0.25) is 0 Å². The van der Waals surface area contributed by atoms with Crippen molar-refractivity contribution in [2.75, 3.05) is 19.7 Å². The largest absolute Gasteiger partial charge is 0.462 e. The summed E-state index contributed by atoms with van der Waals surface area (Å²) in [6.07, 6.45) is 0.996. The summed E-state index contributed by atoms with van der Waals surface area (Å²) in [7, 11) is 0. The predicted molar refractivity (Wildman–Crippen MR) is 95.1 cm³/mol. The fourth-order valence-electron chi connectivity index (χ4n) is 3.65. The molecule has 0 bridgehead atoms. The van der Waals surface area contributed by atoms with E-state index in [2.05, 4.69) is 23.2 Å². The summed E-state index contributed by atoms with van der Waals surface area (Å²) >= 11 is 0. The van der Waals surface area contributed by atoms with E-state index in [0.29, 0.717) is 35.7 Å². The zero-order chi connectivity index (χ0) is 18.0. The minimum absolute atomic E-state index is 0.0468. The first-order valence-corrected chi connectivity index (χ1v) is 8.81. The molecule has 0 amide bonds. The third-order valence-corrected chi connectivity index (χ3v) is 4.91. The van der Waals surface area contributed by atoms with Crippen LogP contribution >= 0.6 is 0 Å². The summed E-state index contributed by atoms with van der Waals surface area (Å²) in [6.45, 7) is 7.96. The van der Waals surface area contributed by atoms with E-state index in [1.807, 2.05) is 13.0 Å². The van der Waals surface area contributed by atoms with Crippen LogP contribution in [0.15, 0.2) is 24.3 Å². The van der Waals surface area contributed by atoms with Crippen molar-refractivity contribution in [3.8, 4) is 0 Å². The smallest absolute Gasteiger partial charge is 0.340 e. The molecule has 0 saturated heterocycles. The highest BCUT2D eigenvalue weighted by Gasteiger charge is 2.27. The molecule has 1 unspecified atom stereocenters. The van der Waals surface area contributed by atoms with Crippen LogP contribution < -0.4 is 4.90 Å². The third kappa shape index (κ3) is 3.51. The number of esters is 1. The van der Waals surface area contributed by atoms with Gasteiger partial charge in [0.05, 0.1) is 24.4 Å². The molecule has 0 spiro atoms. The van der Waals surface area contributed by atoms with E-state index in [4.69, 9.17) is 4.74 Å². The van der Waals surface area contributed by atoms with E-state index in [1.165, 1.54) is 16.0 Å². The van der Waals surface area contributed by atoms with Gasteiger partial charge in [0, 0.05) is 17.7 Å². The Kier molecular flexibility index (Phi) is 5.04. The van der Waals surface area contributed by atoms with Crippen LogP contribution in [0.25, 0.3) is 0 Å². The Hall–Kier alpha value is -2.40. The number of hydrogen-bond donors (Lipinski definition) is 2. The van der Waals surface area contributed by atoms with Crippen LogP contribution in [-0.2, 0) is 17.7 Å². The van der Waals surface area contributed by atoms with Crippen molar-refractivity contribution < 1.29 is 19.2 Å². The van der Waals surface area contributed by atoms with E-state index < -0.39 is 0 Å². The van der Waals surface area contributed by atoms with Gasteiger partial charge in [-0.15, -0.1) is 0 Å². The maximum Gasteiger partial charge on any atom is 0.340 e. The van der Waals surface area contributed by atoms with Gasteiger partial charge in [-0.3, -0.25) is 4.79 Å². The molecule has 1 aromatic heterocycles. The molecule has 5 heteroatoms. The van der Waals surface area contributed by atoms with Crippen molar-refractivity contribution in [1.29, 1.82) is 0 Å². The average Bonchev–Trinajstić information content (AvgIpc) is 2.89. The third-order valence-electron chi connectivity index (χ3n) is 4.91. The SMILES string of the molecule is CCOC(=O)c1c(C)[nH]c(C(=O)C[NH+]2CCc3ccccc3C2)c1C. The Morgan fingerprint density at radius 2 is 1.92 bits per heavy atom. The summed E-state index contributed by atoms with van der Waals surface area (Å²) < 4.78 is 5.10. The molecular formula is C20H25N2O3+. The van der Waals surface area contributed by atoms with Gasteiger partial charge in [0.2, 0.25) is 5.78 Å². The molecule has 0 aliphatic carbocycles. The number of H-pyrrole nitrogens is 1. The van der Waals surface area contributed by atoms with Gasteiger partial charge < -0.3 is 14.6 Å². The number of benzene rings is 1. The average molecular weight is 341 g/mol. The van der Waals surface area contributed by atoms with Crippen LogP contribution in [0.1, 0.15) is 50.2 Å². The molecule has 1 aromatic carbocycles. The monoisotopic (exact) mass is 341 g/mol. The Morgan fingerprint density at radius 1 is 1.20 bits per heavy atom. The summed E-state index contributed by atoms with van der Waals surface area (Å²) in [6, 6.07) is 8.42. The predicted octanol–water partition coefficient (Wildman–Crippen LogP) is 1.63. The Labute approximate surface area is 148 Å². The zero-order valence-electron chi connectivity index (χ0n) is 15.1. The lowest BCUT2D eigenvalue weighted by atomic mass is 9.99. The number of aromatic nitrogens is 1. The van der Waals surface area contributed by atoms with Crippen LogP contribution in [0.4, 0.5) is 0 Å². The maximum absolute atomic E-state index is 12.8. The van der Waals surface area contributed by atoms with Gasteiger partial charge in [-0.2, -0.15) is 0 Å². The standard InChI is InChI=1S/C20H24N2O3/c1-4-25-20(24)18-13(2)19(21-14(18)3)17(23)12-22-10-9-15-7-5-6-8-16(15)11-22/h5-8,21H,4,9-12H2,1-3H3/p+1. The van der Waals surface area contributed by atoms with Crippen molar-refractivity contribution in [2.24, 2.45) is 0 Å². The van der Waals surface area contributed by atoms with Crippen molar-refractivity contribution >= 4 is 11.8 Å². The van der Waals surface area contributed by atoms with Gasteiger partial charge in [0.15, 0.2) is 0 Å². The number of carbonyl (C=O) groups excluding carboxylic acids is 2. The molecule has 2 aromatic rings. The number of hydrogen-bond acceptors (Lipinski definition) is 3. The number of carbonyl (C=O) groups is 2. The highest BCUT2D eigenvalue weighted by atomic mass is 16.5. The first kappa shape index (κ1) is 17.4. The molecule has 5 nitrogen and oxygen atoms in total. The molecule has 2 heterocycles. The van der Waals surface area contributed by atoms with Crippen LogP contribution in [0.3, 0.4) is 0 Å². The molecule has 0 radical (unpaired) electrons. The second kappa shape index (κ2) is 7.23. The van der Waals surface area contributed by atoms with E-state index in [1.54, 1.807) is 13.8 Å². The number of aryl methyl sites for hydroxylation is 1. The van der Waals surface area contributed by atoms with E-state index in [0.717, 1.165) is 19.5 Å². The van der Waals surface area contributed by atoms with Crippen molar-refractivity contribution in [2.45, 2.75) is 33.7 Å². The number of ether oxygens (including phenoxy) is 1.